The molecule has 0 aliphatic heterocycles. The Morgan fingerprint density at radius 2 is 1.42 bits per heavy atom. The summed E-state index contributed by atoms with van der Waals surface area (Å²) in [6.45, 7) is 0. The van der Waals surface area contributed by atoms with Gasteiger partial charge < -0.3 is 32.7 Å². The van der Waals surface area contributed by atoms with Crippen molar-refractivity contribution >= 4 is 19.7 Å². The summed E-state index contributed by atoms with van der Waals surface area (Å²) in [7, 11) is -4.38. The van der Waals surface area contributed by atoms with Crippen LogP contribution in [0.3, 0.4) is 0 Å². The minimum absolute atomic E-state index is 0.613. The molecule has 0 aromatic rings. The maximum Gasteiger partial charge on any atom is 0.451 e. The van der Waals surface area contributed by atoms with Crippen molar-refractivity contribution in [3.63, 3.8) is 0 Å². The molecule has 10 heteroatoms. The largest absolute Gasteiger partial charge is 0.451 e. The van der Waals surface area contributed by atoms with E-state index in [4.69, 9.17) is 14.6 Å². The van der Waals surface area contributed by atoms with Crippen LogP contribution < -0.4 is 22.9 Å². The minimum atomic E-state index is -4.38. The van der Waals surface area contributed by atoms with E-state index < -0.39 is 19.7 Å². The predicted octanol–water partition coefficient (Wildman–Crippen LogP) is -2.62. The molecule has 0 spiro atoms. The zero-order chi connectivity index (χ0) is 10.4. The molecule has 0 rings (SSSR count). The highest BCUT2D eigenvalue weighted by molar-refractivity contribution is 7.50. The molecule has 0 aliphatic carbocycles. The van der Waals surface area contributed by atoms with Gasteiger partial charge in [0.1, 0.15) is 0 Å². The van der Waals surface area contributed by atoms with Crippen molar-refractivity contribution in [3.8, 4) is 0 Å². The molecule has 12 heavy (non-hydrogen) atoms. The fourth-order valence-electron chi connectivity index (χ4n) is 0.150. The second kappa shape index (κ2) is 5.35. The number of amides is 2. The van der Waals surface area contributed by atoms with E-state index in [0.29, 0.717) is 0 Å². The van der Waals surface area contributed by atoms with Crippen LogP contribution in [0.4, 0.5) is 4.79 Å². The third-order valence-corrected chi connectivity index (χ3v) is 0.737. The molecule has 10 N–H and O–H groups in total. The summed E-state index contributed by atoms with van der Waals surface area (Å²) in [5.41, 5.74) is 17.7. The Bertz CT molecular complexity index is 211. The van der Waals surface area contributed by atoms with Gasteiger partial charge in [-0.3, -0.25) is 0 Å². The number of hydrogen-bond donors (Lipinski definition) is 6. The van der Waals surface area contributed by atoms with E-state index in [-0.39, 0.29) is 0 Å². The average molecular weight is 199 g/mol. The Labute approximate surface area is 67.6 Å². The van der Waals surface area contributed by atoms with Gasteiger partial charge in [0.25, 0.3) is 0 Å². The first kappa shape index (κ1) is 13.3. The molecule has 9 nitrogen and oxygen atoms in total. The van der Waals surface area contributed by atoms with Gasteiger partial charge in [0.2, 0.25) is 0 Å². The standard InChI is InChI=1S/CH6N3O3P.CH4N2O/c2-1(3)4-8(5,6)7;2-1(3)4/h(H6,2,3,4,5,6,7);(H4,2,3,4). The second-order valence-corrected chi connectivity index (χ2v) is 2.67. The lowest BCUT2D eigenvalue weighted by molar-refractivity contribution is 0.256. The van der Waals surface area contributed by atoms with Crippen molar-refractivity contribution in [2.75, 3.05) is 0 Å². The lowest BCUT2D eigenvalue weighted by atomic mass is 11.1. The zero-order valence-electron chi connectivity index (χ0n) is 5.91. The number of nitrogens with two attached hydrogens (primary N) is 4. The van der Waals surface area contributed by atoms with Crippen LogP contribution in [-0.2, 0) is 4.57 Å². The van der Waals surface area contributed by atoms with Crippen molar-refractivity contribution in [1.82, 2.24) is 0 Å². The lowest BCUT2D eigenvalue weighted by Crippen LogP contribution is -2.22. The number of carbonyl (C=O) groups is 1. The smallest absolute Gasteiger partial charge is 0.370 e. The number of primary amides is 2. The maximum atomic E-state index is 9.79. The van der Waals surface area contributed by atoms with Crippen LogP contribution in [-0.4, -0.2) is 21.8 Å². The normalized spacial score (nSPS) is 9.17. The molecule has 0 atom stereocenters. The number of urea groups is 1. The van der Waals surface area contributed by atoms with E-state index in [1.807, 2.05) is 0 Å². The maximum absolute atomic E-state index is 9.79. The van der Waals surface area contributed by atoms with Crippen molar-refractivity contribution < 1.29 is 19.1 Å². The topological polar surface area (TPSA) is 191 Å². The Morgan fingerprint density at radius 3 is 1.42 bits per heavy atom. The average Bonchev–Trinajstić information content (AvgIpc) is 1.52. The monoisotopic (exact) mass is 199 g/mol. The fourth-order valence-corrected chi connectivity index (χ4v) is 0.451. The van der Waals surface area contributed by atoms with Gasteiger partial charge in [0.15, 0.2) is 5.96 Å². The molecule has 0 aromatic carbocycles. The molecular weight excluding hydrogens is 189 g/mol. The SMILES string of the molecule is NC(N)=NP(=O)(O)O.NC(N)=O. The summed E-state index contributed by atoms with van der Waals surface area (Å²) >= 11 is 0. The van der Waals surface area contributed by atoms with Crippen LogP contribution in [0.25, 0.3) is 0 Å². The molecule has 0 radical (unpaired) electrons. The van der Waals surface area contributed by atoms with Crippen LogP contribution in [0.1, 0.15) is 0 Å². The number of guanidine groups is 1. The molecule has 0 fully saturated rings. The van der Waals surface area contributed by atoms with Crippen LogP contribution in [0, 0.1) is 0 Å². The highest BCUT2D eigenvalue weighted by Gasteiger charge is 2.08. The van der Waals surface area contributed by atoms with Crippen molar-refractivity contribution in [2.45, 2.75) is 0 Å². The van der Waals surface area contributed by atoms with Crippen molar-refractivity contribution in [1.29, 1.82) is 0 Å². The Kier molecular flexibility index (Phi) is 5.93. The number of nitrogens with zero attached hydrogens (tertiary/aromatic N) is 1. The van der Waals surface area contributed by atoms with Crippen molar-refractivity contribution in [3.05, 3.63) is 0 Å². The van der Waals surface area contributed by atoms with Gasteiger partial charge in [-0.15, -0.1) is 4.76 Å². The van der Waals surface area contributed by atoms with Gasteiger partial charge >= 0.3 is 13.8 Å². The summed E-state index contributed by atoms with van der Waals surface area (Å²) in [4.78, 5) is 24.9. The predicted molar refractivity (Wildman–Crippen MR) is 41.6 cm³/mol. The first-order chi connectivity index (χ1) is 5.15. The first-order valence-electron chi connectivity index (χ1n) is 2.37. The summed E-state index contributed by atoms with van der Waals surface area (Å²) < 4.78 is 12.3. The lowest BCUT2D eigenvalue weighted by Gasteiger charge is -1.92. The van der Waals surface area contributed by atoms with Crippen LogP contribution >= 0.6 is 7.75 Å². The second-order valence-electron chi connectivity index (χ2n) is 1.44. The van der Waals surface area contributed by atoms with E-state index in [0.717, 1.165) is 0 Å². The summed E-state index contributed by atoms with van der Waals surface area (Å²) in [5.74, 6) is -0.613. The van der Waals surface area contributed by atoms with E-state index in [1.54, 1.807) is 0 Å². The summed E-state index contributed by atoms with van der Waals surface area (Å²) in [5, 5.41) is 0. The van der Waals surface area contributed by atoms with Gasteiger partial charge in [-0.05, 0) is 0 Å². The zero-order valence-corrected chi connectivity index (χ0v) is 6.81. The van der Waals surface area contributed by atoms with Crippen LogP contribution in [0.5, 0.6) is 0 Å². The molecule has 0 heterocycles. The molecule has 0 aliphatic rings. The third kappa shape index (κ3) is 37.7. The molecule has 0 aromatic heterocycles. The Morgan fingerprint density at radius 1 is 1.17 bits per heavy atom. The first-order valence-corrected chi connectivity index (χ1v) is 3.93. The van der Waals surface area contributed by atoms with Gasteiger partial charge in [0, 0.05) is 0 Å². The molecule has 0 bridgehead atoms. The van der Waals surface area contributed by atoms with E-state index in [2.05, 4.69) is 27.7 Å². The van der Waals surface area contributed by atoms with E-state index in [1.165, 1.54) is 0 Å². The number of carbonyl (C=O) groups excluding carboxylic acids is 1. The molecule has 0 unspecified atom stereocenters. The number of hydrogen-bond acceptors (Lipinski definition) is 2. The third-order valence-electron chi connectivity index (χ3n) is 0.246. The Hall–Kier alpha value is -1.31. The highest BCUT2D eigenvalue weighted by Crippen LogP contribution is 2.35. The van der Waals surface area contributed by atoms with Gasteiger partial charge in [-0.2, -0.15) is 0 Å². The Balaban J connectivity index is 0. The highest BCUT2D eigenvalue weighted by atomic mass is 31.2. The van der Waals surface area contributed by atoms with Crippen LogP contribution in [0.15, 0.2) is 4.76 Å². The molecule has 0 saturated carbocycles. The number of rotatable bonds is 1. The van der Waals surface area contributed by atoms with Gasteiger partial charge in [0.05, 0.1) is 0 Å². The molecule has 72 valence electrons. The molecular formula is C2H10N5O4P. The van der Waals surface area contributed by atoms with Gasteiger partial charge in [-0.1, -0.05) is 0 Å². The molecule has 0 saturated heterocycles. The fraction of sp³-hybridized carbons (Fsp3) is 0. The molecule has 2 amide bonds. The quantitative estimate of drug-likeness (QED) is 0.152. The summed E-state index contributed by atoms with van der Waals surface area (Å²) in [6.07, 6.45) is 0. The van der Waals surface area contributed by atoms with Crippen molar-refractivity contribution in [2.24, 2.45) is 27.7 Å². The summed E-state index contributed by atoms with van der Waals surface area (Å²) in [6, 6.07) is -0.833. The van der Waals surface area contributed by atoms with Gasteiger partial charge in [-0.25, -0.2) is 9.36 Å². The van der Waals surface area contributed by atoms with E-state index >= 15 is 0 Å². The van der Waals surface area contributed by atoms with E-state index in [9.17, 15) is 4.57 Å². The minimum Gasteiger partial charge on any atom is -0.370 e. The van der Waals surface area contributed by atoms with Crippen LogP contribution in [0.2, 0.25) is 0 Å².